The Labute approximate surface area is 181 Å². The van der Waals surface area contributed by atoms with Gasteiger partial charge in [0.15, 0.2) is 5.78 Å². The highest BCUT2D eigenvalue weighted by atomic mass is 32.1. The fourth-order valence-electron chi connectivity index (χ4n) is 3.43. The van der Waals surface area contributed by atoms with Crippen molar-refractivity contribution in [3.05, 3.63) is 47.3 Å². The predicted molar refractivity (Wildman–Crippen MR) is 117 cm³/mol. The normalized spacial score (nSPS) is 22.2. The molecule has 3 atom stereocenters. The molecule has 2 N–H and O–H groups in total. The second kappa shape index (κ2) is 9.10. The topological polar surface area (TPSA) is 84.5 Å². The molecule has 2 heterocycles. The van der Waals surface area contributed by atoms with E-state index in [4.69, 9.17) is 4.74 Å². The summed E-state index contributed by atoms with van der Waals surface area (Å²) >= 11 is 1.64. The third-order valence-electron chi connectivity index (χ3n) is 5.52. The number of ketones is 1. The molecule has 0 aliphatic carbocycles. The summed E-state index contributed by atoms with van der Waals surface area (Å²) < 4.78 is 5.38. The molecule has 1 aromatic heterocycles. The van der Waals surface area contributed by atoms with Gasteiger partial charge in [-0.05, 0) is 55.3 Å². The average molecular weight is 429 g/mol. The third kappa shape index (κ3) is 4.79. The predicted octanol–water partition coefficient (Wildman–Crippen LogP) is 3.42. The van der Waals surface area contributed by atoms with Crippen molar-refractivity contribution in [2.45, 2.75) is 51.8 Å². The van der Waals surface area contributed by atoms with Crippen LogP contribution in [0.2, 0.25) is 0 Å². The molecule has 2 aromatic rings. The van der Waals surface area contributed by atoms with Crippen LogP contribution in [0.5, 0.6) is 0 Å². The summed E-state index contributed by atoms with van der Waals surface area (Å²) in [4.78, 5) is 39.1. The van der Waals surface area contributed by atoms with Gasteiger partial charge < -0.3 is 15.4 Å². The number of ether oxygens (including phenoxy) is 1. The first-order chi connectivity index (χ1) is 14.2. The highest BCUT2D eigenvalue weighted by Gasteiger charge is 2.47. The van der Waals surface area contributed by atoms with Crippen molar-refractivity contribution in [3.8, 4) is 10.4 Å². The summed E-state index contributed by atoms with van der Waals surface area (Å²) in [5, 5.41) is 7.66. The maximum Gasteiger partial charge on any atom is 0.251 e. The van der Waals surface area contributed by atoms with Crippen LogP contribution >= 0.6 is 11.3 Å². The number of hydrogen-bond acceptors (Lipinski definition) is 5. The standard InChI is InChI=1S/C23H28N2O4S/c1-14(2)12-18(22(28)25-23(4)15(3)29-13-20(23)26)24-21(27)17-9-7-16(8-10-17)19-6-5-11-30-19/h5-11,14-15,18H,12-13H2,1-4H3,(H,24,27)(H,25,28)/t15-,18?,23-/m1/s1. The summed E-state index contributed by atoms with van der Waals surface area (Å²) in [6, 6.07) is 10.6. The molecular formula is C23H28N2O4S. The Hall–Kier alpha value is -2.51. The minimum absolute atomic E-state index is 0.0181. The van der Waals surface area contributed by atoms with E-state index in [0.29, 0.717) is 12.0 Å². The first-order valence-corrected chi connectivity index (χ1v) is 11.0. The molecule has 160 valence electrons. The Morgan fingerprint density at radius 1 is 1.23 bits per heavy atom. The number of carbonyl (C=O) groups excluding carboxylic acids is 3. The Balaban J connectivity index is 1.71. The molecule has 0 saturated carbocycles. The fraction of sp³-hybridized carbons (Fsp3) is 0.435. The van der Waals surface area contributed by atoms with E-state index in [1.54, 1.807) is 37.3 Å². The van der Waals surface area contributed by atoms with Gasteiger partial charge in [0.1, 0.15) is 18.2 Å². The van der Waals surface area contributed by atoms with Crippen LogP contribution < -0.4 is 10.6 Å². The lowest BCUT2D eigenvalue weighted by molar-refractivity contribution is -0.130. The number of thiophene rings is 1. The van der Waals surface area contributed by atoms with Crippen molar-refractivity contribution in [1.29, 1.82) is 0 Å². The van der Waals surface area contributed by atoms with Gasteiger partial charge in [-0.15, -0.1) is 11.3 Å². The molecule has 3 rings (SSSR count). The minimum Gasteiger partial charge on any atom is -0.368 e. The summed E-state index contributed by atoms with van der Waals surface area (Å²) in [5.41, 5.74) is 0.441. The van der Waals surface area contributed by atoms with Crippen LogP contribution in [-0.4, -0.2) is 41.9 Å². The molecule has 1 aromatic carbocycles. The van der Waals surface area contributed by atoms with Crippen molar-refractivity contribution in [2.75, 3.05) is 6.61 Å². The molecular weight excluding hydrogens is 400 g/mol. The fourth-order valence-corrected chi connectivity index (χ4v) is 4.16. The van der Waals surface area contributed by atoms with E-state index in [1.165, 1.54) is 0 Å². The maximum absolute atomic E-state index is 13.0. The van der Waals surface area contributed by atoms with Crippen molar-refractivity contribution < 1.29 is 19.1 Å². The second-order valence-corrected chi connectivity index (χ2v) is 9.23. The van der Waals surface area contributed by atoms with Gasteiger partial charge in [-0.25, -0.2) is 0 Å². The number of rotatable bonds is 7. The summed E-state index contributed by atoms with van der Waals surface area (Å²) in [7, 11) is 0. The minimum atomic E-state index is -1.08. The Kier molecular flexibility index (Phi) is 6.73. The zero-order chi connectivity index (χ0) is 21.9. The number of nitrogens with one attached hydrogen (secondary N) is 2. The van der Waals surface area contributed by atoms with Crippen molar-refractivity contribution in [3.63, 3.8) is 0 Å². The molecule has 1 saturated heterocycles. The zero-order valence-corrected chi connectivity index (χ0v) is 18.5. The highest BCUT2D eigenvalue weighted by Crippen LogP contribution is 2.25. The van der Waals surface area contributed by atoms with E-state index in [2.05, 4.69) is 10.6 Å². The summed E-state index contributed by atoms with van der Waals surface area (Å²) in [5.74, 6) is -0.675. The van der Waals surface area contributed by atoms with E-state index < -0.39 is 17.7 Å². The monoisotopic (exact) mass is 428 g/mol. The lowest BCUT2D eigenvalue weighted by Crippen LogP contribution is -2.60. The van der Waals surface area contributed by atoms with Crippen molar-refractivity contribution in [2.24, 2.45) is 5.92 Å². The third-order valence-corrected chi connectivity index (χ3v) is 6.44. The van der Waals surface area contributed by atoms with Crippen molar-refractivity contribution in [1.82, 2.24) is 10.6 Å². The molecule has 6 nitrogen and oxygen atoms in total. The lowest BCUT2D eigenvalue weighted by Gasteiger charge is -2.30. The number of Topliss-reactive ketones (excluding diaryl/α,β-unsaturated/α-hetero) is 1. The smallest absolute Gasteiger partial charge is 0.251 e. The number of carbonyl (C=O) groups is 3. The molecule has 1 fully saturated rings. The summed E-state index contributed by atoms with van der Waals surface area (Å²) in [6.07, 6.45) is 0.0406. The van der Waals surface area contributed by atoms with E-state index in [9.17, 15) is 14.4 Å². The highest BCUT2D eigenvalue weighted by molar-refractivity contribution is 7.13. The van der Waals surface area contributed by atoms with Gasteiger partial charge in [0.25, 0.3) is 5.91 Å². The van der Waals surface area contributed by atoms with Crippen LogP contribution in [0.15, 0.2) is 41.8 Å². The molecule has 30 heavy (non-hydrogen) atoms. The quantitative estimate of drug-likeness (QED) is 0.708. The zero-order valence-electron chi connectivity index (χ0n) is 17.7. The van der Waals surface area contributed by atoms with Crippen molar-refractivity contribution >= 4 is 28.9 Å². The van der Waals surface area contributed by atoms with Gasteiger partial charge in [-0.1, -0.05) is 32.0 Å². The average Bonchev–Trinajstić information content (AvgIpc) is 3.32. The van der Waals surface area contributed by atoms with Crippen LogP contribution in [0, 0.1) is 5.92 Å². The van der Waals surface area contributed by atoms with E-state index in [0.717, 1.165) is 10.4 Å². The molecule has 0 bridgehead atoms. The molecule has 0 radical (unpaired) electrons. The Bertz CT molecular complexity index is 908. The molecule has 2 amide bonds. The summed E-state index contributed by atoms with van der Waals surface area (Å²) in [6.45, 7) is 7.38. The second-order valence-electron chi connectivity index (χ2n) is 8.28. The van der Waals surface area contributed by atoms with Gasteiger partial charge in [0.05, 0.1) is 6.10 Å². The number of hydrogen-bond donors (Lipinski definition) is 2. The largest absolute Gasteiger partial charge is 0.368 e. The Morgan fingerprint density at radius 3 is 2.47 bits per heavy atom. The van der Waals surface area contributed by atoms with Gasteiger partial charge in [0, 0.05) is 10.4 Å². The van der Waals surface area contributed by atoms with Gasteiger partial charge in [0.2, 0.25) is 5.91 Å². The van der Waals surface area contributed by atoms with E-state index >= 15 is 0 Å². The van der Waals surface area contributed by atoms with Gasteiger partial charge >= 0.3 is 0 Å². The molecule has 1 unspecified atom stereocenters. The first kappa shape index (κ1) is 22.2. The SMILES string of the molecule is CC(C)CC(NC(=O)c1ccc(-c2cccs2)cc1)C(=O)N[C@@]1(C)C(=O)CO[C@@H]1C. The number of benzene rings is 1. The molecule has 0 spiro atoms. The maximum atomic E-state index is 13.0. The Morgan fingerprint density at radius 2 is 1.93 bits per heavy atom. The van der Waals surface area contributed by atoms with Crippen LogP contribution in [0.3, 0.4) is 0 Å². The molecule has 7 heteroatoms. The van der Waals surface area contributed by atoms with Crippen LogP contribution in [0.25, 0.3) is 10.4 Å². The number of amides is 2. The van der Waals surface area contributed by atoms with Crippen LogP contribution in [-0.2, 0) is 14.3 Å². The van der Waals surface area contributed by atoms with Gasteiger partial charge in [-0.2, -0.15) is 0 Å². The van der Waals surface area contributed by atoms with E-state index in [1.807, 2.05) is 43.5 Å². The van der Waals surface area contributed by atoms with E-state index in [-0.39, 0.29) is 30.1 Å². The van der Waals surface area contributed by atoms with Crippen LogP contribution in [0.4, 0.5) is 0 Å². The first-order valence-electron chi connectivity index (χ1n) is 10.1. The molecule has 1 aliphatic rings. The molecule has 1 aliphatic heterocycles. The van der Waals surface area contributed by atoms with Crippen LogP contribution in [0.1, 0.15) is 44.5 Å². The van der Waals surface area contributed by atoms with Gasteiger partial charge in [-0.3, -0.25) is 14.4 Å². The lowest BCUT2D eigenvalue weighted by atomic mass is 9.92.